The van der Waals surface area contributed by atoms with Gasteiger partial charge in [-0.15, -0.1) is 0 Å². The lowest BCUT2D eigenvalue weighted by Crippen LogP contribution is -2.49. The molecule has 0 bridgehead atoms. The molecule has 0 aliphatic carbocycles. The van der Waals surface area contributed by atoms with Crippen LogP contribution in [-0.4, -0.2) is 20.7 Å². The number of hydrogen-bond donors (Lipinski definition) is 1. The number of H-pyrrole nitrogens is 1. The first-order chi connectivity index (χ1) is 13.9. The van der Waals surface area contributed by atoms with Gasteiger partial charge in [0.15, 0.2) is 0 Å². The van der Waals surface area contributed by atoms with E-state index in [2.05, 4.69) is 53.4 Å². The van der Waals surface area contributed by atoms with Gasteiger partial charge >= 0.3 is 11.6 Å². The fourth-order valence-electron chi connectivity index (χ4n) is 4.42. The first kappa shape index (κ1) is 19.5. The fourth-order valence-corrected chi connectivity index (χ4v) is 4.42. The summed E-state index contributed by atoms with van der Waals surface area (Å²) in [5.41, 5.74) is 4.26. The predicted molar refractivity (Wildman–Crippen MR) is 115 cm³/mol. The van der Waals surface area contributed by atoms with Crippen molar-refractivity contribution in [1.29, 1.82) is 0 Å². The molecule has 7 heteroatoms. The Kier molecular flexibility index (Phi) is 5.06. The molecule has 154 valence electrons. The van der Waals surface area contributed by atoms with Gasteiger partial charge in [0.1, 0.15) is 5.69 Å². The molecule has 0 fully saturated rings. The number of anilines is 2. The number of aromatic nitrogens is 4. The Morgan fingerprint density at radius 3 is 2.52 bits per heavy atom. The van der Waals surface area contributed by atoms with Crippen molar-refractivity contribution in [3.05, 3.63) is 50.2 Å². The molecule has 0 saturated carbocycles. The molecule has 0 saturated heterocycles. The number of imidazole rings is 1. The van der Waals surface area contributed by atoms with E-state index in [1.165, 1.54) is 15.7 Å². The molecular formula is C22H30N5O2+. The molecule has 1 aromatic carbocycles. The van der Waals surface area contributed by atoms with Crippen LogP contribution in [0.5, 0.6) is 0 Å². The lowest BCUT2D eigenvalue weighted by molar-refractivity contribution is -0.663. The van der Waals surface area contributed by atoms with E-state index in [1.54, 1.807) is 11.6 Å². The quantitative estimate of drug-likeness (QED) is 0.533. The predicted octanol–water partition coefficient (Wildman–Crippen LogP) is 2.66. The summed E-state index contributed by atoms with van der Waals surface area (Å²) in [5.74, 6) is 0.870. The number of nitrogens with one attached hydrogen (secondary N) is 1. The van der Waals surface area contributed by atoms with Gasteiger partial charge in [0.05, 0.1) is 13.1 Å². The zero-order valence-electron chi connectivity index (χ0n) is 17.8. The van der Waals surface area contributed by atoms with Gasteiger partial charge < -0.3 is 0 Å². The number of aromatic amines is 1. The third kappa shape index (κ3) is 3.28. The molecular weight excluding hydrogens is 366 g/mol. The summed E-state index contributed by atoms with van der Waals surface area (Å²) in [7, 11) is 1.74. The Morgan fingerprint density at radius 2 is 1.83 bits per heavy atom. The van der Waals surface area contributed by atoms with Gasteiger partial charge in [-0.1, -0.05) is 25.8 Å². The molecule has 0 radical (unpaired) electrons. The monoisotopic (exact) mass is 396 g/mol. The average Bonchev–Trinajstić information content (AvgIpc) is 3.08. The second-order valence-corrected chi connectivity index (χ2v) is 8.15. The summed E-state index contributed by atoms with van der Waals surface area (Å²) < 4.78 is 5.02. The second-order valence-electron chi connectivity index (χ2n) is 8.15. The SMILES string of the molecule is CCCCCn1c(=O)c2c([nH]c3[n+]2CCCN3c2cc(C)cc(C)c2)n(C)c1=O. The Hall–Kier alpha value is -2.83. The maximum atomic E-state index is 13.3. The summed E-state index contributed by atoms with van der Waals surface area (Å²) in [6, 6.07) is 6.48. The highest BCUT2D eigenvalue weighted by molar-refractivity contribution is 5.70. The Labute approximate surface area is 170 Å². The van der Waals surface area contributed by atoms with Gasteiger partial charge in [-0.25, -0.2) is 19.2 Å². The zero-order valence-corrected chi connectivity index (χ0v) is 17.8. The van der Waals surface area contributed by atoms with Crippen molar-refractivity contribution in [3.8, 4) is 0 Å². The smallest absolute Gasteiger partial charge is 0.267 e. The molecule has 29 heavy (non-hydrogen) atoms. The normalized spacial score (nSPS) is 13.9. The minimum Gasteiger partial charge on any atom is -0.267 e. The van der Waals surface area contributed by atoms with Crippen LogP contribution < -0.4 is 20.7 Å². The van der Waals surface area contributed by atoms with Crippen LogP contribution in [0.1, 0.15) is 43.7 Å². The second kappa shape index (κ2) is 7.54. The van der Waals surface area contributed by atoms with Gasteiger partial charge in [-0.3, -0.25) is 13.9 Å². The number of hydrogen-bond acceptors (Lipinski definition) is 3. The van der Waals surface area contributed by atoms with Crippen molar-refractivity contribution >= 4 is 22.8 Å². The van der Waals surface area contributed by atoms with Gasteiger partial charge in [-0.2, -0.15) is 0 Å². The Morgan fingerprint density at radius 1 is 1.10 bits per heavy atom. The van der Waals surface area contributed by atoms with Gasteiger partial charge in [-0.05, 0) is 43.5 Å². The highest BCUT2D eigenvalue weighted by Crippen LogP contribution is 2.27. The van der Waals surface area contributed by atoms with Crippen molar-refractivity contribution in [2.75, 3.05) is 11.4 Å². The van der Waals surface area contributed by atoms with Crippen molar-refractivity contribution in [2.45, 2.75) is 59.5 Å². The summed E-state index contributed by atoms with van der Waals surface area (Å²) in [5, 5.41) is 0. The third-order valence-corrected chi connectivity index (χ3v) is 5.80. The average molecular weight is 397 g/mol. The van der Waals surface area contributed by atoms with E-state index in [4.69, 9.17) is 0 Å². The van der Waals surface area contributed by atoms with Crippen LogP contribution in [0.4, 0.5) is 11.6 Å². The van der Waals surface area contributed by atoms with E-state index < -0.39 is 0 Å². The topological polar surface area (TPSA) is 66.9 Å². The van der Waals surface area contributed by atoms with Crippen LogP contribution in [0, 0.1) is 13.8 Å². The van der Waals surface area contributed by atoms with Crippen LogP contribution in [0.25, 0.3) is 11.2 Å². The molecule has 1 aliphatic heterocycles. The lowest BCUT2D eigenvalue weighted by Gasteiger charge is -2.22. The Bertz CT molecular complexity index is 1160. The molecule has 0 amide bonds. The van der Waals surface area contributed by atoms with Gasteiger partial charge in [0.2, 0.25) is 11.2 Å². The molecule has 1 N–H and O–H groups in total. The van der Waals surface area contributed by atoms with E-state index in [-0.39, 0.29) is 11.2 Å². The molecule has 2 aromatic heterocycles. The fraction of sp³-hybridized carbons (Fsp3) is 0.500. The number of rotatable bonds is 5. The van der Waals surface area contributed by atoms with Crippen molar-refractivity contribution in [1.82, 2.24) is 14.1 Å². The van der Waals surface area contributed by atoms with Crippen molar-refractivity contribution in [3.63, 3.8) is 0 Å². The maximum absolute atomic E-state index is 13.3. The number of nitrogens with zero attached hydrogens (tertiary/aromatic N) is 4. The first-order valence-corrected chi connectivity index (χ1v) is 10.5. The number of aryl methyl sites for hydroxylation is 4. The largest absolute Gasteiger partial charge is 0.364 e. The molecule has 3 heterocycles. The van der Waals surface area contributed by atoms with E-state index in [9.17, 15) is 9.59 Å². The summed E-state index contributed by atoms with van der Waals surface area (Å²) >= 11 is 0. The van der Waals surface area contributed by atoms with Crippen LogP contribution >= 0.6 is 0 Å². The molecule has 0 atom stereocenters. The third-order valence-electron chi connectivity index (χ3n) is 5.80. The van der Waals surface area contributed by atoms with Crippen LogP contribution in [0.3, 0.4) is 0 Å². The standard InChI is InChI=1S/C22H29N5O2/c1-5-6-7-9-27-20(28)18-19(24(4)22(27)29)23-21-25(10-8-11-26(18)21)17-13-15(2)12-16(3)14-17/h12-14H,5-11H2,1-4H3/p+1. The maximum Gasteiger partial charge on any atom is 0.364 e. The minimum absolute atomic E-state index is 0.191. The van der Waals surface area contributed by atoms with Crippen molar-refractivity contribution in [2.24, 2.45) is 7.05 Å². The van der Waals surface area contributed by atoms with E-state index in [1.807, 2.05) is 0 Å². The minimum atomic E-state index is -0.254. The molecule has 1 aliphatic rings. The zero-order chi connectivity index (χ0) is 20.7. The highest BCUT2D eigenvalue weighted by Gasteiger charge is 2.33. The van der Waals surface area contributed by atoms with E-state index in [0.717, 1.165) is 50.4 Å². The number of benzene rings is 1. The number of fused-ring (bicyclic) bond motifs is 3. The van der Waals surface area contributed by atoms with Crippen LogP contribution in [-0.2, 0) is 20.1 Å². The Balaban J connectivity index is 1.90. The highest BCUT2D eigenvalue weighted by atomic mass is 16.2. The number of unbranched alkanes of at least 4 members (excludes halogenated alkanes) is 2. The summed E-state index contributed by atoms with van der Waals surface area (Å²) in [6.07, 6.45) is 3.84. The summed E-state index contributed by atoms with van der Waals surface area (Å²) in [6.45, 7) is 8.41. The molecule has 7 nitrogen and oxygen atoms in total. The van der Waals surface area contributed by atoms with Gasteiger partial charge in [0, 0.05) is 20.0 Å². The van der Waals surface area contributed by atoms with E-state index in [0.29, 0.717) is 17.7 Å². The summed E-state index contributed by atoms with van der Waals surface area (Å²) in [4.78, 5) is 31.7. The first-order valence-electron chi connectivity index (χ1n) is 10.5. The molecule has 3 aromatic rings. The van der Waals surface area contributed by atoms with Crippen LogP contribution in [0.15, 0.2) is 27.8 Å². The molecule has 4 rings (SSSR count). The van der Waals surface area contributed by atoms with E-state index >= 15 is 0 Å². The van der Waals surface area contributed by atoms with Gasteiger partial charge in [0.25, 0.3) is 5.56 Å². The molecule has 0 spiro atoms. The van der Waals surface area contributed by atoms with Crippen LogP contribution in [0.2, 0.25) is 0 Å². The van der Waals surface area contributed by atoms with Crippen molar-refractivity contribution < 1.29 is 4.57 Å². The molecule has 0 unspecified atom stereocenters. The lowest BCUT2D eigenvalue weighted by atomic mass is 10.1.